The van der Waals surface area contributed by atoms with E-state index >= 15 is 0 Å². The van der Waals surface area contributed by atoms with Crippen LogP contribution in [0.5, 0.6) is 0 Å². The molecule has 3 atom stereocenters. The fourth-order valence-electron chi connectivity index (χ4n) is 5.09. The average molecular weight is 653 g/mol. The van der Waals surface area contributed by atoms with Crippen LogP contribution in [0.15, 0.2) is 48.5 Å². The van der Waals surface area contributed by atoms with Gasteiger partial charge in [0.05, 0.1) is 6.04 Å². The van der Waals surface area contributed by atoms with Gasteiger partial charge < -0.3 is 15.7 Å². The van der Waals surface area contributed by atoms with E-state index in [0.29, 0.717) is 11.4 Å². The lowest BCUT2D eigenvalue weighted by atomic mass is 9.98. The molecule has 0 saturated carbocycles. The maximum Gasteiger partial charge on any atom is 0.452 e. The first-order valence-electron chi connectivity index (χ1n) is 14.4. The summed E-state index contributed by atoms with van der Waals surface area (Å²) in [5.41, 5.74) is 1.07. The van der Waals surface area contributed by atoms with Crippen LogP contribution in [0.3, 0.4) is 0 Å². The minimum atomic E-state index is -5.18. The molecule has 1 unspecified atom stereocenters. The van der Waals surface area contributed by atoms with Gasteiger partial charge in [0.1, 0.15) is 12.1 Å². The first kappa shape index (κ1) is 35.5. The van der Waals surface area contributed by atoms with Gasteiger partial charge in [-0.2, -0.15) is 13.2 Å². The third-order valence-electron chi connectivity index (χ3n) is 7.45. The molecule has 2 aromatic carbocycles. The molecule has 3 rings (SSSR count). The molecule has 244 valence electrons. The molecule has 3 N–H and O–H groups in total. The number of nitrogens with zero attached hydrogens (tertiary/aromatic N) is 2. The van der Waals surface area contributed by atoms with E-state index in [9.17, 15) is 42.3 Å². The first-order chi connectivity index (χ1) is 21.0. The Morgan fingerprint density at radius 2 is 1.53 bits per heavy atom. The van der Waals surface area contributed by atoms with Crippen molar-refractivity contribution in [2.75, 3.05) is 6.54 Å². The van der Waals surface area contributed by atoms with Gasteiger partial charge in [-0.15, -0.1) is 0 Å². The third-order valence-corrected chi connectivity index (χ3v) is 7.70. The molecule has 1 aliphatic heterocycles. The van der Waals surface area contributed by atoms with Gasteiger partial charge >= 0.3 is 12.1 Å². The number of carboxylic acid groups (broad SMARTS) is 1. The molecular weight excluding hydrogens is 617 g/mol. The number of nitrogens with one attached hydrogen (secondary N) is 2. The molecule has 14 heteroatoms. The fourth-order valence-corrected chi connectivity index (χ4v) is 5.22. The zero-order valence-corrected chi connectivity index (χ0v) is 26.0. The number of hydrogen-bond donors (Lipinski definition) is 3. The van der Waals surface area contributed by atoms with Gasteiger partial charge in [-0.25, -0.2) is 9.80 Å². The highest BCUT2D eigenvalue weighted by molar-refractivity contribution is 6.30. The van der Waals surface area contributed by atoms with Crippen LogP contribution in [0.2, 0.25) is 5.02 Å². The Balaban J connectivity index is 1.86. The molecular formula is C31H36ClF3N4O6. The number of Topliss-reactive ketones (excluding diaryl/α,β-unsaturated/α-hetero) is 1. The van der Waals surface area contributed by atoms with Crippen molar-refractivity contribution < 1.29 is 42.3 Å². The van der Waals surface area contributed by atoms with Gasteiger partial charge in [-0.3, -0.25) is 24.2 Å². The van der Waals surface area contributed by atoms with Crippen molar-refractivity contribution in [1.29, 1.82) is 0 Å². The SMILES string of the molecule is CC(C)C(NC(=O)[C@@H]1CCCN1N(C(=O)c1ccc(C(=O)NCc2ccc(Cl)cc2)cc1)[C@H](C(=O)O)C(C)C)C(=O)C(F)(F)F. The molecule has 10 nitrogen and oxygen atoms in total. The van der Waals surface area contributed by atoms with E-state index < -0.39 is 65.6 Å². The van der Waals surface area contributed by atoms with Crippen LogP contribution < -0.4 is 10.6 Å². The Bertz CT molecular complexity index is 1400. The smallest absolute Gasteiger partial charge is 0.452 e. The molecule has 0 spiro atoms. The number of carbonyl (C=O) groups excluding carboxylic acids is 4. The number of carbonyl (C=O) groups is 5. The van der Waals surface area contributed by atoms with Crippen molar-refractivity contribution in [2.24, 2.45) is 11.8 Å². The van der Waals surface area contributed by atoms with Crippen LogP contribution in [0, 0.1) is 11.8 Å². The highest BCUT2D eigenvalue weighted by Crippen LogP contribution is 2.28. The number of hydrazine groups is 1. The number of halogens is 4. The minimum Gasteiger partial charge on any atom is -0.480 e. The van der Waals surface area contributed by atoms with Gasteiger partial charge in [-0.1, -0.05) is 51.4 Å². The maximum absolute atomic E-state index is 13.9. The van der Waals surface area contributed by atoms with Crippen LogP contribution in [-0.2, 0) is 20.9 Å². The van der Waals surface area contributed by atoms with Crippen LogP contribution in [-0.4, -0.2) is 75.4 Å². The predicted octanol–water partition coefficient (Wildman–Crippen LogP) is 4.47. The molecule has 1 heterocycles. The molecule has 1 saturated heterocycles. The highest BCUT2D eigenvalue weighted by Gasteiger charge is 2.48. The van der Waals surface area contributed by atoms with Crippen molar-refractivity contribution >= 4 is 41.1 Å². The molecule has 0 bridgehead atoms. The van der Waals surface area contributed by atoms with Crippen molar-refractivity contribution in [3.05, 3.63) is 70.2 Å². The second-order valence-electron chi connectivity index (χ2n) is 11.5. The van der Waals surface area contributed by atoms with Crippen LogP contribution in [0.25, 0.3) is 0 Å². The summed E-state index contributed by atoms with van der Waals surface area (Å²) in [7, 11) is 0. The number of carboxylic acids is 1. The van der Waals surface area contributed by atoms with E-state index in [4.69, 9.17) is 11.6 Å². The molecule has 0 radical (unpaired) electrons. The quantitative estimate of drug-likeness (QED) is 0.308. The molecule has 3 amide bonds. The Hall–Kier alpha value is -3.97. The zero-order chi connectivity index (χ0) is 33.6. The highest BCUT2D eigenvalue weighted by atomic mass is 35.5. The van der Waals surface area contributed by atoms with Crippen LogP contribution in [0.4, 0.5) is 13.2 Å². The second-order valence-corrected chi connectivity index (χ2v) is 11.9. The average Bonchev–Trinajstić information content (AvgIpc) is 3.46. The zero-order valence-electron chi connectivity index (χ0n) is 25.2. The standard InChI is InChI=1S/C31H36ClF3N4O6/c1-17(2)24(26(40)31(33,34)35)37-28(42)23-6-5-15-38(23)39(25(18(3)4)30(44)45)29(43)21-11-9-20(10-12-21)27(41)36-16-19-7-13-22(32)14-8-19/h7-14,17-18,23-25H,5-6,15-16H2,1-4H3,(H,36,41)(H,37,42)(H,44,45)/t23-,24?,25-/m0/s1. The van der Waals surface area contributed by atoms with Crippen LogP contribution >= 0.6 is 11.6 Å². The van der Waals surface area contributed by atoms with Crippen molar-refractivity contribution in [2.45, 2.75) is 71.4 Å². The molecule has 1 aliphatic rings. The van der Waals surface area contributed by atoms with Crippen molar-refractivity contribution in [3.63, 3.8) is 0 Å². The molecule has 45 heavy (non-hydrogen) atoms. The molecule has 2 aromatic rings. The summed E-state index contributed by atoms with van der Waals surface area (Å²) in [6, 6.07) is 7.90. The Kier molecular flexibility index (Phi) is 11.7. The fraction of sp³-hybridized carbons (Fsp3) is 0.452. The molecule has 0 aromatic heterocycles. The normalized spacial score (nSPS) is 16.7. The first-order valence-corrected chi connectivity index (χ1v) is 14.8. The van der Waals surface area contributed by atoms with Crippen LogP contribution in [0.1, 0.15) is 66.8 Å². The van der Waals surface area contributed by atoms with E-state index in [2.05, 4.69) is 10.6 Å². The summed E-state index contributed by atoms with van der Waals surface area (Å²) in [5, 5.41) is 17.8. The van der Waals surface area contributed by atoms with Gasteiger partial charge in [-0.05, 0) is 66.6 Å². The lowest BCUT2D eigenvalue weighted by molar-refractivity contribution is -0.175. The monoisotopic (exact) mass is 652 g/mol. The Labute approximate surface area is 263 Å². The summed E-state index contributed by atoms with van der Waals surface area (Å²) < 4.78 is 39.7. The number of ketones is 1. The molecule has 0 aliphatic carbocycles. The molecule has 1 fully saturated rings. The number of amides is 3. The lowest BCUT2D eigenvalue weighted by Gasteiger charge is -2.41. The van der Waals surface area contributed by atoms with Gasteiger partial charge in [0, 0.05) is 29.2 Å². The van der Waals surface area contributed by atoms with Crippen molar-refractivity contribution in [1.82, 2.24) is 20.7 Å². The number of benzene rings is 2. The van der Waals surface area contributed by atoms with Gasteiger partial charge in [0.15, 0.2) is 0 Å². The number of rotatable bonds is 12. The van der Waals surface area contributed by atoms with E-state index in [1.807, 2.05) is 0 Å². The summed E-state index contributed by atoms with van der Waals surface area (Å²) in [6.45, 7) is 6.16. The predicted molar refractivity (Wildman–Crippen MR) is 159 cm³/mol. The number of alkyl halides is 3. The lowest BCUT2D eigenvalue weighted by Crippen LogP contribution is -2.62. The van der Waals surface area contributed by atoms with Crippen molar-refractivity contribution in [3.8, 4) is 0 Å². The summed E-state index contributed by atoms with van der Waals surface area (Å²) in [6.07, 6.45) is -4.74. The topological polar surface area (TPSA) is 136 Å². The number of hydrogen-bond acceptors (Lipinski definition) is 6. The van der Waals surface area contributed by atoms with E-state index in [1.165, 1.54) is 43.1 Å². The summed E-state index contributed by atoms with van der Waals surface area (Å²) >= 11 is 5.89. The van der Waals surface area contributed by atoms with E-state index in [0.717, 1.165) is 10.6 Å². The Morgan fingerprint density at radius 1 is 0.956 bits per heavy atom. The van der Waals surface area contributed by atoms with E-state index in [-0.39, 0.29) is 30.6 Å². The Morgan fingerprint density at radius 3 is 2.04 bits per heavy atom. The minimum absolute atomic E-state index is 0.0227. The summed E-state index contributed by atoms with van der Waals surface area (Å²) in [5.74, 6) is -7.11. The van der Waals surface area contributed by atoms with Gasteiger partial charge in [0.2, 0.25) is 5.91 Å². The summed E-state index contributed by atoms with van der Waals surface area (Å²) in [4.78, 5) is 64.4. The third kappa shape index (κ3) is 8.82. The number of aliphatic carboxylic acids is 1. The maximum atomic E-state index is 13.9. The van der Waals surface area contributed by atoms with Gasteiger partial charge in [0.25, 0.3) is 17.6 Å². The largest absolute Gasteiger partial charge is 0.480 e. The van der Waals surface area contributed by atoms with E-state index in [1.54, 1.807) is 38.1 Å². The second kappa shape index (κ2) is 14.9.